The summed E-state index contributed by atoms with van der Waals surface area (Å²) in [5.74, 6) is 0.607. The number of hydroxylamine groups is 1. The molecule has 3 heterocycles. The van der Waals surface area contributed by atoms with Crippen molar-refractivity contribution >= 4 is 17.2 Å². The summed E-state index contributed by atoms with van der Waals surface area (Å²) in [5, 5.41) is 17.1. The molecule has 3 aromatic rings. The zero-order valence-corrected chi connectivity index (χ0v) is 14.3. The van der Waals surface area contributed by atoms with Gasteiger partial charge < -0.3 is 4.52 Å². The van der Waals surface area contributed by atoms with Gasteiger partial charge in [-0.2, -0.15) is 10.1 Å². The first-order valence-corrected chi connectivity index (χ1v) is 8.09. The number of nitrogens with one attached hydrogen (secondary N) is 1. The highest BCUT2D eigenvalue weighted by molar-refractivity contribution is 7.17. The first-order valence-electron chi connectivity index (χ1n) is 7.28. The smallest absolute Gasteiger partial charge is 0.284 e. The van der Waals surface area contributed by atoms with Crippen molar-refractivity contribution in [1.29, 1.82) is 0 Å². The predicted octanol–water partition coefficient (Wildman–Crippen LogP) is 2.46. The van der Waals surface area contributed by atoms with Crippen LogP contribution in [0.1, 0.15) is 42.2 Å². The third-order valence-corrected chi connectivity index (χ3v) is 4.34. The van der Waals surface area contributed by atoms with Crippen molar-refractivity contribution in [2.45, 2.75) is 32.7 Å². The molecular formula is C15H17N5O3S. The summed E-state index contributed by atoms with van der Waals surface area (Å²) in [6, 6.07) is 5.27. The SMILES string of the molecule is CC(C)(C)c1nc(Cn2ccc(-c3ccc(C(=O)NO)s3)n2)no1. The third-order valence-electron chi connectivity index (χ3n) is 3.24. The Morgan fingerprint density at radius 3 is 2.83 bits per heavy atom. The van der Waals surface area contributed by atoms with Crippen LogP contribution in [0, 0.1) is 0 Å². The molecule has 0 unspecified atom stereocenters. The van der Waals surface area contributed by atoms with Crippen molar-refractivity contribution in [3.05, 3.63) is 41.0 Å². The van der Waals surface area contributed by atoms with Crippen LogP contribution in [0.3, 0.4) is 0 Å². The molecule has 0 aliphatic rings. The van der Waals surface area contributed by atoms with Gasteiger partial charge in [-0.05, 0) is 18.2 Å². The fourth-order valence-electron chi connectivity index (χ4n) is 2.00. The van der Waals surface area contributed by atoms with E-state index in [1.165, 1.54) is 11.3 Å². The third kappa shape index (κ3) is 3.36. The van der Waals surface area contributed by atoms with Gasteiger partial charge in [-0.1, -0.05) is 25.9 Å². The molecule has 8 nitrogen and oxygen atoms in total. The second-order valence-electron chi connectivity index (χ2n) is 6.27. The summed E-state index contributed by atoms with van der Waals surface area (Å²) in [7, 11) is 0. The van der Waals surface area contributed by atoms with Gasteiger partial charge in [0.1, 0.15) is 12.2 Å². The summed E-state index contributed by atoms with van der Waals surface area (Å²) >= 11 is 1.25. The first kappa shape index (κ1) is 16.3. The number of thiophene rings is 1. The van der Waals surface area contributed by atoms with E-state index in [2.05, 4.69) is 15.2 Å². The molecule has 0 fully saturated rings. The van der Waals surface area contributed by atoms with Crippen LogP contribution in [-0.2, 0) is 12.0 Å². The number of carbonyl (C=O) groups is 1. The second-order valence-corrected chi connectivity index (χ2v) is 7.35. The van der Waals surface area contributed by atoms with Crippen LogP contribution in [0.25, 0.3) is 10.6 Å². The molecule has 0 radical (unpaired) electrons. The zero-order valence-electron chi connectivity index (χ0n) is 13.5. The second kappa shape index (κ2) is 6.17. The van der Waals surface area contributed by atoms with Crippen LogP contribution in [0.15, 0.2) is 28.9 Å². The van der Waals surface area contributed by atoms with E-state index in [1.54, 1.807) is 22.3 Å². The minimum Gasteiger partial charge on any atom is -0.339 e. The summed E-state index contributed by atoms with van der Waals surface area (Å²) in [6.45, 7) is 6.42. The Bertz CT molecular complexity index is 858. The molecule has 9 heteroatoms. The van der Waals surface area contributed by atoms with Gasteiger partial charge in [0.05, 0.1) is 9.75 Å². The largest absolute Gasteiger partial charge is 0.339 e. The van der Waals surface area contributed by atoms with Crippen molar-refractivity contribution in [3.8, 4) is 10.6 Å². The maximum absolute atomic E-state index is 11.4. The number of rotatable bonds is 4. The van der Waals surface area contributed by atoms with E-state index in [0.29, 0.717) is 23.1 Å². The minimum atomic E-state index is -0.535. The van der Waals surface area contributed by atoms with E-state index in [-0.39, 0.29) is 5.41 Å². The number of hydrogen-bond acceptors (Lipinski definition) is 7. The lowest BCUT2D eigenvalue weighted by atomic mass is 9.97. The highest BCUT2D eigenvalue weighted by Crippen LogP contribution is 2.26. The molecule has 0 spiro atoms. The Labute approximate surface area is 142 Å². The summed E-state index contributed by atoms with van der Waals surface area (Å²) in [6.07, 6.45) is 1.81. The Kier molecular flexibility index (Phi) is 4.20. The normalized spacial score (nSPS) is 11.7. The van der Waals surface area contributed by atoms with E-state index < -0.39 is 5.91 Å². The zero-order chi connectivity index (χ0) is 17.3. The molecule has 1 amide bonds. The fraction of sp³-hybridized carbons (Fsp3) is 0.333. The van der Waals surface area contributed by atoms with Gasteiger partial charge in [-0.25, -0.2) is 5.48 Å². The van der Waals surface area contributed by atoms with E-state index in [0.717, 1.165) is 10.6 Å². The summed E-state index contributed by atoms with van der Waals surface area (Å²) in [5.41, 5.74) is 2.16. The quantitative estimate of drug-likeness (QED) is 0.555. The molecule has 0 saturated heterocycles. The Morgan fingerprint density at radius 2 is 2.17 bits per heavy atom. The molecule has 3 rings (SSSR count). The van der Waals surface area contributed by atoms with Gasteiger partial charge in [0.15, 0.2) is 5.82 Å². The number of nitrogens with zero attached hydrogens (tertiary/aromatic N) is 4. The molecule has 3 aromatic heterocycles. The van der Waals surface area contributed by atoms with Crippen molar-refractivity contribution < 1.29 is 14.5 Å². The van der Waals surface area contributed by atoms with Gasteiger partial charge in [-0.15, -0.1) is 11.3 Å². The monoisotopic (exact) mass is 347 g/mol. The fourth-order valence-corrected chi connectivity index (χ4v) is 2.86. The van der Waals surface area contributed by atoms with Gasteiger partial charge in [0.25, 0.3) is 5.91 Å². The van der Waals surface area contributed by atoms with Crippen molar-refractivity contribution in [1.82, 2.24) is 25.4 Å². The average Bonchev–Trinajstić information content (AvgIpc) is 3.25. The maximum Gasteiger partial charge on any atom is 0.284 e. The van der Waals surface area contributed by atoms with Gasteiger partial charge in [0, 0.05) is 11.6 Å². The number of hydrogen-bond donors (Lipinski definition) is 2. The first-order chi connectivity index (χ1) is 11.4. The topological polar surface area (TPSA) is 106 Å². The van der Waals surface area contributed by atoms with Gasteiger partial charge >= 0.3 is 0 Å². The molecule has 0 bridgehead atoms. The lowest BCUT2D eigenvalue weighted by Crippen LogP contribution is -2.16. The Hall–Kier alpha value is -2.52. The average molecular weight is 347 g/mol. The number of aromatic nitrogens is 4. The molecule has 126 valence electrons. The molecule has 24 heavy (non-hydrogen) atoms. The number of amides is 1. The van der Waals surface area contributed by atoms with Crippen LogP contribution in [0.2, 0.25) is 0 Å². The van der Waals surface area contributed by atoms with Crippen LogP contribution in [0.5, 0.6) is 0 Å². The van der Waals surface area contributed by atoms with E-state index in [4.69, 9.17) is 9.73 Å². The molecule has 0 aromatic carbocycles. The maximum atomic E-state index is 11.4. The van der Waals surface area contributed by atoms with Gasteiger partial charge in [0.2, 0.25) is 5.89 Å². The van der Waals surface area contributed by atoms with E-state index in [9.17, 15) is 4.79 Å². The standard InChI is InChI=1S/C15H17N5O3S/c1-15(2,3)14-16-12(19-23-14)8-20-7-6-9(17-20)10-4-5-11(24-10)13(21)18-22/h4-7,22H,8H2,1-3H3,(H,18,21). The van der Waals surface area contributed by atoms with Crippen molar-refractivity contribution in [2.75, 3.05) is 0 Å². The molecule has 2 N–H and O–H groups in total. The van der Waals surface area contributed by atoms with Crippen LogP contribution < -0.4 is 5.48 Å². The highest BCUT2D eigenvalue weighted by atomic mass is 32.1. The lowest BCUT2D eigenvalue weighted by Gasteiger charge is -2.10. The van der Waals surface area contributed by atoms with Crippen LogP contribution in [-0.4, -0.2) is 31.0 Å². The Balaban J connectivity index is 1.75. The summed E-state index contributed by atoms with van der Waals surface area (Å²) < 4.78 is 6.97. The Morgan fingerprint density at radius 1 is 1.38 bits per heavy atom. The molecule has 0 aliphatic carbocycles. The minimum absolute atomic E-state index is 0.193. The van der Waals surface area contributed by atoms with Crippen molar-refractivity contribution in [2.24, 2.45) is 0 Å². The lowest BCUT2D eigenvalue weighted by molar-refractivity contribution is 0.0711. The molecule has 0 saturated carbocycles. The van der Waals surface area contributed by atoms with Crippen molar-refractivity contribution in [3.63, 3.8) is 0 Å². The molecular weight excluding hydrogens is 330 g/mol. The van der Waals surface area contributed by atoms with Crippen LogP contribution >= 0.6 is 11.3 Å². The van der Waals surface area contributed by atoms with E-state index >= 15 is 0 Å². The highest BCUT2D eigenvalue weighted by Gasteiger charge is 2.22. The van der Waals surface area contributed by atoms with E-state index in [1.807, 2.05) is 33.0 Å². The van der Waals surface area contributed by atoms with Crippen LogP contribution in [0.4, 0.5) is 0 Å². The number of carbonyl (C=O) groups excluding carboxylic acids is 1. The molecule has 0 atom stereocenters. The summed E-state index contributed by atoms with van der Waals surface area (Å²) in [4.78, 5) is 17.0. The predicted molar refractivity (Wildman–Crippen MR) is 86.9 cm³/mol. The van der Waals surface area contributed by atoms with Gasteiger partial charge in [-0.3, -0.25) is 14.7 Å². The molecule has 0 aliphatic heterocycles.